The quantitative estimate of drug-likeness (QED) is 0.804. The average molecular weight is 242 g/mol. The largest absolute Gasteiger partial charge is 0.495 e. The van der Waals surface area contributed by atoms with Gasteiger partial charge in [0, 0.05) is 0 Å². The van der Waals surface area contributed by atoms with Crippen LogP contribution in [0.1, 0.15) is 29.5 Å². The Kier molecular flexibility index (Phi) is 5.10. The van der Waals surface area contributed by atoms with Gasteiger partial charge in [-0.3, -0.25) is 0 Å². The Morgan fingerprint density at radius 3 is 2.56 bits per heavy atom. The Balaban J connectivity index is 2.98. The minimum Gasteiger partial charge on any atom is -0.495 e. The summed E-state index contributed by atoms with van der Waals surface area (Å²) < 4.78 is 5.38. The molecule has 0 bridgehead atoms. The molecule has 0 unspecified atom stereocenters. The lowest BCUT2D eigenvalue weighted by atomic mass is 10.0. The first-order valence-corrected chi connectivity index (χ1v) is 6.02. The van der Waals surface area contributed by atoms with Gasteiger partial charge in [0.1, 0.15) is 5.75 Å². The maximum atomic E-state index is 6.27. The number of benzene rings is 1. The molecule has 3 heteroatoms. The van der Waals surface area contributed by atoms with Gasteiger partial charge >= 0.3 is 0 Å². The zero-order valence-electron chi connectivity index (χ0n) is 10.3. The fourth-order valence-electron chi connectivity index (χ4n) is 1.79. The number of unbranched alkanes of at least 4 members (excludes halogenated alkanes) is 1. The van der Waals surface area contributed by atoms with Gasteiger partial charge in [-0.2, -0.15) is 0 Å². The molecule has 1 rings (SSSR count). The summed E-state index contributed by atoms with van der Waals surface area (Å²) in [6.07, 6.45) is 3.08. The predicted octanol–water partition coefficient (Wildman–Crippen LogP) is 3.25. The number of methoxy groups -OCH3 is 1. The summed E-state index contributed by atoms with van der Waals surface area (Å²) in [4.78, 5) is 0. The second kappa shape index (κ2) is 6.12. The van der Waals surface area contributed by atoms with Crippen LogP contribution in [0.2, 0.25) is 5.02 Å². The van der Waals surface area contributed by atoms with Crippen LogP contribution in [0.4, 0.5) is 0 Å². The van der Waals surface area contributed by atoms with Crippen LogP contribution in [0.3, 0.4) is 0 Å². The lowest BCUT2D eigenvalue weighted by molar-refractivity contribution is 0.408. The molecule has 0 aliphatic carbocycles. The van der Waals surface area contributed by atoms with Crippen molar-refractivity contribution in [1.82, 2.24) is 0 Å². The number of hydrogen-bond acceptors (Lipinski definition) is 2. The van der Waals surface area contributed by atoms with Crippen molar-refractivity contribution in [2.75, 3.05) is 13.7 Å². The number of halogens is 1. The Hall–Kier alpha value is -0.730. The second-order valence-electron chi connectivity index (χ2n) is 4.07. The van der Waals surface area contributed by atoms with E-state index in [9.17, 15) is 0 Å². The molecule has 0 atom stereocenters. The van der Waals surface area contributed by atoms with E-state index in [4.69, 9.17) is 22.1 Å². The number of hydrogen-bond donors (Lipinski definition) is 1. The third-order valence-corrected chi connectivity index (χ3v) is 3.36. The first-order valence-electron chi connectivity index (χ1n) is 5.64. The summed E-state index contributed by atoms with van der Waals surface area (Å²) in [5, 5.41) is 0.741. The van der Waals surface area contributed by atoms with Gasteiger partial charge in [0.25, 0.3) is 0 Å². The summed E-state index contributed by atoms with van der Waals surface area (Å²) in [7, 11) is 1.67. The van der Waals surface area contributed by atoms with Crippen molar-refractivity contribution in [1.29, 1.82) is 0 Å². The first-order chi connectivity index (χ1) is 7.61. The third kappa shape index (κ3) is 2.89. The molecule has 0 radical (unpaired) electrons. The second-order valence-corrected chi connectivity index (χ2v) is 4.45. The highest BCUT2D eigenvalue weighted by Gasteiger charge is 2.12. The van der Waals surface area contributed by atoms with Crippen LogP contribution in [0, 0.1) is 13.8 Å². The molecule has 0 aliphatic rings. The monoisotopic (exact) mass is 241 g/mol. The van der Waals surface area contributed by atoms with E-state index in [1.54, 1.807) is 7.11 Å². The zero-order chi connectivity index (χ0) is 12.1. The van der Waals surface area contributed by atoms with Crippen molar-refractivity contribution >= 4 is 11.6 Å². The molecule has 1 aromatic rings. The molecule has 0 amide bonds. The fourth-order valence-corrected chi connectivity index (χ4v) is 2.13. The highest BCUT2D eigenvalue weighted by molar-refractivity contribution is 6.33. The maximum absolute atomic E-state index is 6.27. The van der Waals surface area contributed by atoms with Crippen LogP contribution in [0.15, 0.2) is 6.07 Å². The Morgan fingerprint density at radius 2 is 2.00 bits per heavy atom. The van der Waals surface area contributed by atoms with Crippen molar-refractivity contribution in [3.63, 3.8) is 0 Å². The molecular formula is C13H20ClNO. The van der Waals surface area contributed by atoms with E-state index in [1.807, 2.05) is 6.92 Å². The maximum Gasteiger partial charge on any atom is 0.140 e. The normalized spacial score (nSPS) is 10.6. The number of aryl methyl sites for hydroxylation is 2. The van der Waals surface area contributed by atoms with Crippen LogP contribution >= 0.6 is 11.6 Å². The van der Waals surface area contributed by atoms with E-state index >= 15 is 0 Å². The van der Waals surface area contributed by atoms with Crippen molar-refractivity contribution in [2.24, 2.45) is 5.73 Å². The smallest absolute Gasteiger partial charge is 0.140 e. The summed E-state index contributed by atoms with van der Waals surface area (Å²) in [6.45, 7) is 4.83. The van der Waals surface area contributed by atoms with Crippen LogP contribution in [-0.2, 0) is 6.42 Å². The fraction of sp³-hybridized carbons (Fsp3) is 0.538. The lowest BCUT2D eigenvalue weighted by Gasteiger charge is -2.14. The summed E-state index contributed by atoms with van der Waals surface area (Å²) in [6, 6.07) is 2.16. The first kappa shape index (κ1) is 13.3. The molecule has 0 spiro atoms. The Morgan fingerprint density at radius 1 is 1.31 bits per heavy atom. The molecule has 0 fully saturated rings. The highest BCUT2D eigenvalue weighted by Crippen LogP contribution is 2.34. The van der Waals surface area contributed by atoms with E-state index in [1.165, 1.54) is 11.1 Å². The summed E-state index contributed by atoms with van der Waals surface area (Å²) in [5.41, 5.74) is 8.99. The van der Waals surface area contributed by atoms with E-state index in [-0.39, 0.29) is 0 Å². The van der Waals surface area contributed by atoms with E-state index in [0.29, 0.717) is 0 Å². The predicted molar refractivity (Wildman–Crippen MR) is 69.5 cm³/mol. The number of nitrogens with two attached hydrogens (primary N) is 1. The van der Waals surface area contributed by atoms with Gasteiger partial charge in [0.05, 0.1) is 12.1 Å². The Bertz CT molecular complexity index is 363. The van der Waals surface area contributed by atoms with Crippen LogP contribution in [-0.4, -0.2) is 13.7 Å². The molecule has 16 heavy (non-hydrogen) atoms. The molecule has 2 nitrogen and oxygen atoms in total. The van der Waals surface area contributed by atoms with Crippen LogP contribution in [0.5, 0.6) is 5.75 Å². The minimum absolute atomic E-state index is 0.737. The van der Waals surface area contributed by atoms with Crippen molar-refractivity contribution in [2.45, 2.75) is 33.1 Å². The Labute approximate surface area is 103 Å². The molecule has 0 saturated heterocycles. The van der Waals surface area contributed by atoms with Gasteiger partial charge in [-0.1, -0.05) is 17.7 Å². The van der Waals surface area contributed by atoms with Gasteiger partial charge in [-0.05, 0) is 56.3 Å². The molecule has 90 valence electrons. The molecule has 0 saturated carbocycles. The molecule has 0 heterocycles. The lowest BCUT2D eigenvalue weighted by Crippen LogP contribution is -2.01. The van der Waals surface area contributed by atoms with Gasteiger partial charge in [0.2, 0.25) is 0 Å². The van der Waals surface area contributed by atoms with Crippen LogP contribution in [0.25, 0.3) is 0 Å². The highest BCUT2D eigenvalue weighted by atomic mass is 35.5. The number of rotatable bonds is 5. The van der Waals surface area contributed by atoms with Gasteiger partial charge in [-0.25, -0.2) is 0 Å². The SMILES string of the molecule is COc1c(CCCCN)cc(C)c(C)c1Cl. The van der Waals surface area contributed by atoms with Gasteiger partial charge in [0.15, 0.2) is 0 Å². The van der Waals surface area contributed by atoms with E-state index in [2.05, 4.69) is 13.0 Å². The van der Waals surface area contributed by atoms with Crippen molar-refractivity contribution in [3.8, 4) is 5.75 Å². The molecule has 0 aromatic heterocycles. The van der Waals surface area contributed by atoms with E-state index < -0.39 is 0 Å². The molecule has 2 N–H and O–H groups in total. The topological polar surface area (TPSA) is 35.2 Å². The third-order valence-electron chi connectivity index (χ3n) is 2.91. The summed E-state index contributed by atoms with van der Waals surface area (Å²) in [5.74, 6) is 0.821. The standard InChI is InChI=1S/C13H20ClNO/c1-9-8-11(6-4-5-7-15)13(16-3)12(14)10(9)2/h8H,4-7,15H2,1-3H3. The van der Waals surface area contributed by atoms with Crippen molar-refractivity contribution in [3.05, 3.63) is 27.8 Å². The molecule has 0 aliphatic heterocycles. The molecular weight excluding hydrogens is 222 g/mol. The summed E-state index contributed by atoms with van der Waals surface area (Å²) >= 11 is 6.27. The zero-order valence-corrected chi connectivity index (χ0v) is 11.0. The van der Waals surface area contributed by atoms with Crippen molar-refractivity contribution < 1.29 is 4.74 Å². The average Bonchev–Trinajstić information content (AvgIpc) is 2.27. The molecule has 1 aromatic carbocycles. The van der Waals surface area contributed by atoms with Gasteiger partial charge < -0.3 is 10.5 Å². The number of ether oxygens (including phenoxy) is 1. The van der Waals surface area contributed by atoms with E-state index in [0.717, 1.165) is 42.1 Å². The van der Waals surface area contributed by atoms with Crippen LogP contribution < -0.4 is 10.5 Å². The van der Waals surface area contributed by atoms with Gasteiger partial charge in [-0.15, -0.1) is 0 Å². The minimum atomic E-state index is 0.737.